The maximum Gasteiger partial charge on any atom is 0.269 e. The van der Waals surface area contributed by atoms with Crippen molar-refractivity contribution in [2.24, 2.45) is 0 Å². The molecule has 6 nitrogen and oxygen atoms in total. The van der Waals surface area contributed by atoms with E-state index in [0.717, 1.165) is 15.7 Å². The summed E-state index contributed by atoms with van der Waals surface area (Å²) in [6, 6.07) is 15.9. The number of nitrogens with one attached hydrogen (secondary N) is 1. The van der Waals surface area contributed by atoms with Gasteiger partial charge in [0.2, 0.25) is 0 Å². The molecule has 26 heavy (non-hydrogen) atoms. The first kappa shape index (κ1) is 17.8. The molecule has 0 fully saturated rings. The van der Waals surface area contributed by atoms with Gasteiger partial charge in [-0.1, -0.05) is 15.9 Å². The highest BCUT2D eigenvalue weighted by Crippen LogP contribution is 2.27. The zero-order chi connectivity index (χ0) is 18.5. The van der Waals surface area contributed by atoms with Crippen molar-refractivity contribution in [3.63, 3.8) is 0 Å². The fraction of sp³-hybridized carbons (Fsp3) is 0. The number of halogens is 1. The van der Waals surface area contributed by atoms with Crippen LogP contribution in [0.3, 0.4) is 0 Å². The van der Waals surface area contributed by atoms with Gasteiger partial charge in [-0.2, -0.15) is 5.26 Å². The lowest BCUT2D eigenvalue weighted by molar-refractivity contribution is -0.384. The van der Waals surface area contributed by atoms with Gasteiger partial charge in [0.15, 0.2) is 0 Å². The third-order valence-electron chi connectivity index (χ3n) is 3.46. The number of nitrogens with zero attached hydrogens (tertiary/aromatic N) is 3. The number of non-ortho nitro benzene ring substituents is 1. The molecule has 1 N–H and O–H groups in total. The molecule has 1 heterocycles. The van der Waals surface area contributed by atoms with E-state index in [1.54, 1.807) is 18.3 Å². The number of hydrogen-bond donors (Lipinski definition) is 1. The topological polar surface area (TPSA) is 91.8 Å². The highest BCUT2D eigenvalue weighted by molar-refractivity contribution is 9.10. The lowest BCUT2D eigenvalue weighted by atomic mass is 10.1. The molecule has 1 aromatic heterocycles. The van der Waals surface area contributed by atoms with E-state index >= 15 is 0 Å². The average Bonchev–Trinajstić information content (AvgIpc) is 3.14. The second-order valence-electron chi connectivity index (χ2n) is 5.16. The summed E-state index contributed by atoms with van der Waals surface area (Å²) in [7, 11) is 0. The highest BCUT2D eigenvalue weighted by atomic mass is 79.9. The molecular weight excluding hydrogens is 416 g/mol. The van der Waals surface area contributed by atoms with Crippen LogP contribution < -0.4 is 5.32 Å². The minimum absolute atomic E-state index is 0.0283. The Bertz CT molecular complexity index is 1000. The molecule has 0 aliphatic heterocycles. The third kappa shape index (κ3) is 4.14. The van der Waals surface area contributed by atoms with Crippen molar-refractivity contribution in [3.8, 4) is 17.3 Å². The van der Waals surface area contributed by atoms with Crippen LogP contribution in [0.5, 0.6) is 0 Å². The zero-order valence-corrected chi connectivity index (χ0v) is 15.6. The van der Waals surface area contributed by atoms with Crippen molar-refractivity contribution >= 4 is 44.2 Å². The molecule has 3 rings (SSSR count). The number of anilines is 1. The van der Waals surface area contributed by atoms with E-state index in [9.17, 15) is 15.4 Å². The van der Waals surface area contributed by atoms with E-state index in [1.165, 1.54) is 23.5 Å². The van der Waals surface area contributed by atoms with Gasteiger partial charge in [0.25, 0.3) is 5.69 Å². The van der Waals surface area contributed by atoms with E-state index in [-0.39, 0.29) is 5.69 Å². The first-order valence-corrected chi connectivity index (χ1v) is 9.07. The number of hydrogen-bond acceptors (Lipinski definition) is 6. The van der Waals surface area contributed by atoms with Gasteiger partial charge in [-0.15, -0.1) is 11.3 Å². The van der Waals surface area contributed by atoms with Crippen LogP contribution in [-0.2, 0) is 0 Å². The zero-order valence-electron chi connectivity index (χ0n) is 13.2. The van der Waals surface area contributed by atoms with E-state index in [4.69, 9.17) is 0 Å². The van der Waals surface area contributed by atoms with Crippen molar-refractivity contribution in [2.45, 2.75) is 0 Å². The van der Waals surface area contributed by atoms with Gasteiger partial charge < -0.3 is 5.32 Å². The van der Waals surface area contributed by atoms with Crippen LogP contribution in [0.2, 0.25) is 0 Å². The number of benzene rings is 2. The Morgan fingerprint density at radius 3 is 2.54 bits per heavy atom. The molecule has 0 bridgehead atoms. The van der Waals surface area contributed by atoms with E-state index < -0.39 is 4.92 Å². The van der Waals surface area contributed by atoms with Gasteiger partial charge in [-0.3, -0.25) is 10.1 Å². The summed E-state index contributed by atoms with van der Waals surface area (Å²) in [6.07, 6.45) is 1.61. The quantitative estimate of drug-likeness (QED) is 0.332. The van der Waals surface area contributed by atoms with Crippen LogP contribution in [0.25, 0.3) is 16.8 Å². The molecular formula is C18H11BrN4O2S. The van der Waals surface area contributed by atoms with Crippen LogP contribution >= 0.6 is 27.3 Å². The summed E-state index contributed by atoms with van der Waals surface area (Å²) in [5, 5.41) is 25.6. The molecule has 0 spiro atoms. The molecule has 0 aliphatic rings. The Labute approximate surface area is 161 Å². The van der Waals surface area contributed by atoms with Crippen molar-refractivity contribution < 1.29 is 4.92 Å². The van der Waals surface area contributed by atoms with Gasteiger partial charge in [-0.25, -0.2) is 4.98 Å². The lowest BCUT2D eigenvalue weighted by Crippen LogP contribution is -1.91. The average molecular weight is 427 g/mol. The number of allylic oxidation sites excluding steroid dienone is 1. The minimum Gasteiger partial charge on any atom is -0.360 e. The second-order valence-corrected chi connectivity index (χ2v) is 6.94. The molecule has 0 atom stereocenters. The normalized spacial score (nSPS) is 11.0. The van der Waals surface area contributed by atoms with Crippen LogP contribution in [0.1, 0.15) is 5.01 Å². The molecule has 0 unspecified atom stereocenters. The molecule has 0 radical (unpaired) electrons. The summed E-state index contributed by atoms with van der Waals surface area (Å²) < 4.78 is 0.972. The summed E-state index contributed by atoms with van der Waals surface area (Å²) >= 11 is 4.71. The van der Waals surface area contributed by atoms with Crippen LogP contribution in [0.15, 0.2) is 64.6 Å². The number of thiazole rings is 1. The molecule has 0 saturated heterocycles. The van der Waals surface area contributed by atoms with Crippen LogP contribution in [0.4, 0.5) is 11.4 Å². The fourth-order valence-electron chi connectivity index (χ4n) is 2.13. The Morgan fingerprint density at radius 2 is 1.92 bits per heavy atom. The number of rotatable bonds is 5. The summed E-state index contributed by atoms with van der Waals surface area (Å²) in [4.78, 5) is 14.7. The van der Waals surface area contributed by atoms with Gasteiger partial charge in [-0.05, 0) is 36.4 Å². The van der Waals surface area contributed by atoms with Gasteiger partial charge >= 0.3 is 0 Å². The van der Waals surface area contributed by atoms with Gasteiger partial charge in [0.05, 0.1) is 10.6 Å². The van der Waals surface area contributed by atoms with Crippen molar-refractivity contribution in [2.75, 3.05) is 5.32 Å². The number of nitro groups is 1. The highest BCUT2D eigenvalue weighted by Gasteiger charge is 2.11. The van der Waals surface area contributed by atoms with E-state index in [0.29, 0.717) is 16.3 Å². The molecule has 0 aliphatic carbocycles. The Kier molecular flexibility index (Phi) is 5.41. The fourth-order valence-corrected chi connectivity index (χ4v) is 3.19. The third-order valence-corrected chi connectivity index (χ3v) is 4.86. The van der Waals surface area contributed by atoms with E-state index in [2.05, 4.69) is 32.3 Å². The molecule has 8 heteroatoms. The Hall–Kier alpha value is -3.02. The lowest BCUT2D eigenvalue weighted by Gasteiger charge is -2.01. The van der Waals surface area contributed by atoms with Gasteiger partial charge in [0.1, 0.15) is 16.6 Å². The predicted octanol–water partition coefficient (Wildman–Crippen LogP) is 5.46. The first-order valence-electron chi connectivity index (χ1n) is 7.40. The second kappa shape index (κ2) is 7.91. The predicted molar refractivity (Wildman–Crippen MR) is 106 cm³/mol. The summed E-state index contributed by atoms with van der Waals surface area (Å²) in [5.74, 6) is 0. The molecule has 0 amide bonds. The minimum atomic E-state index is -0.444. The monoisotopic (exact) mass is 426 g/mol. The summed E-state index contributed by atoms with van der Waals surface area (Å²) in [5.41, 5.74) is 2.72. The van der Waals surface area contributed by atoms with Crippen LogP contribution in [-0.4, -0.2) is 9.91 Å². The maximum atomic E-state index is 10.7. The SMILES string of the molecule is N#CC(=CNc1ccc(Br)cc1)c1nc(-c2ccc([N+](=O)[O-])cc2)cs1. The van der Waals surface area contributed by atoms with E-state index in [1.807, 2.05) is 29.6 Å². The standard InChI is InChI=1S/C18H11BrN4O2S/c19-14-3-5-15(6-4-14)21-10-13(9-20)18-22-17(11-26-18)12-1-7-16(8-2-12)23(24)25/h1-8,10-11,21H. The first-order chi connectivity index (χ1) is 12.6. The Morgan fingerprint density at radius 1 is 1.23 bits per heavy atom. The number of aromatic nitrogens is 1. The molecule has 128 valence electrons. The summed E-state index contributed by atoms with van der Waals surface area (Å²) in [6.45, 7) is 0. The van der Waals surface area contributed by atoms with Crippen molar-refractivity contribution in [3.05, 3.63) is 79.7 Å². The maximum absolute atomic E-state index is 10.7. The number of nitriles is 1. The van der Waals surface area contributed by atoms with Crippen molar-refractivity contribution in [1.29, 1.82) is 5.26 Å². The molecule has 3 aromatic rings. The van der Waals surface area contributed by atoms with Crippen molar-refractivity contribution in [1.82, 2.24) is 4.98 Å². The Balaban J connectivity index is 1.80. The largest absolute Gasteiger partial charge is 0.360 e. The smallest absolute Gasteiger partial charge is 0.269 e. The van der Waals surface area contributed by atoms with Crippen LogP contribution in [0, 0.1) is 21.4 Å². The molecule has 0 saturated carbocycles. The van der Waals surface area contributed by atoms with Gasteiger partial charge in [0, 0.05) is 39.4 Å². The number of nitro benzene ring substituents is 1. The molecule has 2 aromatic carbocycles.